The second-order valence-electron chi connectivity index (χ2n) is 6.05. The van der Waals surface area contributed by atoms with E-state index in [4.69, 9.17) is 0 Å². The molecule has 0 aliphatic carbocycles. The molecule has 0 bridgehead atoms. The van der Waals surface area contributed by atoms with Crippen molar-refractivity contribution in [3.63, 3.8) is 0 Å². The zero-order valence-electron chi connectivity index (χ0n) is 14.0. The Bertz CT molecular complexity index is 853. The number of pyridine rings is 1. The Labute approximate surface area is 142 Å². The standard InChI is InChI=1S/C16H21N5O2S/c1-11-6-4-8-17-16(11)20-15-10-13(18-12(2)19-15)14-7-5-9-21(14)24(3,22)23/h4,6,8,10,14H,5,7,9H2,1-3H3,(H,17,18,19,20). The van der Waals surface area contributed by atoms with Crippen LogP contribution >= 0.6 is 0 Å². The number of hydrogen-bond donors (Lipinski definition) is 1. The van der Waals surface area contributed by atoms with E-state index in [0.29, 0.717) is 18.2 Å². The highest BCUT2D eigenvalue weighted by atomic mass is 32.2. The van der Waals surface area contributed by atoms with Crippen LogP contribution in [0.25, 0.3) is 0 Å². The summed E-state index contributed by atoms with van der Waals surface area (Å²) in [7, 11) is -3.25. The molecular formula is C16H21N5O2S. The number of rotatable bonds is 4. The number of nitrogens with one attached hydrogen (secondary N) is 1. The van der Waals surface area contributed by atoms with E-state index in [2.05, 4.69) is 20.3 Å². The summed E-state index contributed by atoms with van der Waals surface area (Å²) in [5.74, 6) is 1.96. The van der Waals surface area contributed by atoms with Crippen molar-refractivity contribution in [1.82, 2.24) is 19.3 Å². The SMILES string of the molecule is Cc1nc(Nc2ncccc2C)cc(C2CCCN2S(C)(=O)=O)n1. The molecule has 1 saturated heterocycles. The topological polar surface area (TPSA) is 88.1 Å². The van der Waals surface area contributed by atoms with Crippen LogP contribution in [0, 0.1) is 13.8 Å². The first-order chi connectivity index (χ1) is 11.3. The van der Waals surface area contributed by atoms with E-state index in [1.165, 1.54) is 10.6 Å². The van der Waals surface area contributed by atoms with Crippen molar-refractivity contribution in [3.05, 3.63) is 41.5 Å². The molecule has 0 amide bonds. The molecule has 1 fully saturated rings. The van der Waals surface area contributed by atoms with Crippen molar-refractivity contribution in [1.29, 1.82) is 0 Å². The first-order valence-corrected chi connectivity index (χ1v) is 9.70. The molecule has 3 heterocycles. The Morgan fingerprint density at radius 1 is 1.29 bits per heavy atom. The highest BCUT2D eigenvalue weighted by Crippen LogP contribution is 2.33. The average Bonchev–Trinajstić information content (AvgIpc) is 2.99. The van der Waals surface area contributed by atoms with Crippen LogP contribution in [-0.4, -0.2) is 40.5 Å². The van der Waals surface area contributed by atoms with Gasteiger partial charge in [-0.2, -0.15) is 4.31 Å². The quantitative estimate of drug-likeness (QED) is 0.913. The highest BCUT2D eigenvalue weighted by molar-refractivity contribution is 7.88. The molecule has 2 aromatic rings. The van der Waals surface area contributed by atoms with Crippen molar-refractivity contribution in [2.45, 2.75) is 32.7 Å². The molecule has 1 unspecified atom stereocenters. The van der Waals surface area contributed by atoms with Crippen LogP contribution in [-0.2, 0) is 10.0 Å². The molecule has 0 saturated carbocycles. The van der Waals surface area contributed by atoms with E-state index in [1.54, 1.807) is 13.1 Å². The third-order valence-corrected chi connectivity index (χ3v) is 5.37. The van der Waals surface area contributed by atoms with Crippen molar-refractivity contribution in [2.75, 3.05) is 18.1 Å². The van der Waals surface area contributed by atoms with Gasteiger partial charge < -0.3 is 5.32 Å². The van der Waals surface area contributed by atoms with Crippen LogP contribution in [0.5, 0.6) is 0 Å². The Balaban J connectivity index is 1.93. The summed E-state index contributed by atoms with van der Waals surface area (Å²) in [6.45, 7) is 4.31. The molecule has 1 N–H and O–H groups in total. The summed E-state index contributed by atoms with van der Waals surface area (Å²) >= 11 is 0. The number of nitrogens with zero attached hydrogens (tertiary/aromatic N) is 4. The molecule has 0 spiro atoms. The van der Waals surface area contributed by atoms with Crippen LogP contribution in [0.4, 0.5) is 11.6 Å². The third-order valence-electron chi connectivity index (χ3n) is 4.08. The van der Waals surface area contributed by atoms with Crippen molar-refractivity contribution >= 4 is 21.7 Å². The normalized spacial score (nSPS) is 18.7. The molecule has 1 aliphatic rings. The lowest BCUT2D eigenvalue weighted by Gasteiger charge is -2.22. The predicted octanol–water partition coefficient (Wildman–Crippen LogP) is 2.33. The van der Waals surface area contributed by atoms with Crippen LogP contribution in [0.3, 0.4) is 0 Å². The van der Waals surface area contributed by atoms with E-state index in [1.807, 2.05) is 25.1 Å². The Hall–Kier alpha value is -2.06. The molecule has 3 rings (SSSR count). The fourth-order valence-electron chi connectivity index (χ4n) is 3.00. The minimum atomic E-state index is -3.25. The lowest BCUT2D eigenvalue weighted by Crippen LogP contribution is -2.30. The maximum Gasteiger partial charge on any atom is 0.211 e. The van der Waals surface area contributed by atoms with Gasteiger partial charge in [-0.1, -0.05) is 6.07 Å². The number of sulfonamides is 1. The Morgan fingerprint density at radius 2 is 2.08 bits per heavy atom. The predicted molar refractivity (Wildman–Crippen MR) is 92.6 cm³/mol. The molecule has 8 heteroatoms. The first kappa shape index (κ1) is 16.8. The van der Waals surface area contributed by atoms with E-state index < -0.39 is 10.0 Å². The van der Waals surface area contributed by atoms with Gasteiger partial charge in [-0.15, -0.1) is 0 Å². The minimum Gasteiger partial charge on any atom is -0.325 e. The second-order valence-corrected chi connectivity index (χ2v) is 7.99. The number of hydrogen-bond acceptors (Lipinski definition) is 6. The zero-order chi connectivity index (χ0) is 17.3. The Kier molecular flexibility index (Phi) is 4.51. The van der Waals surface area contributed by atoms with Gasteiger partial charge in [-0.3, -0.25) is 0 Å². The van der Waals surface area contributed by atoms with Crippen LogP contribution in [0.2, 0.25) is 0 Å². The van der Waals surface area contributed by atoms with Gasteiger partial charge in [0.2, 0.25) is 10.0 Å². The molecule has 128 valence electrons. The summed E-state index contributed by atoms with van der Waals surface area (Å²) in [5.41, 5.74) is 1.73. The number of aryl methyl sites for hydroxylation is 2. The van der Waals surface area contributed by atoms with Crippen molar-refractivity contribution in [3.8, 4) is 0 Å². The summed E-state index contributed by atoms with van der Waals surface area (Å²) in [4.78, 5) is 13.2. The Morgan fingerprint density at radius 3 is 2.79 bits per heavy atom. The monoisotopic (exact) mass is 347 g/mol. The van der Waals surface area contributed by atoms with Crippen LogP contribution in [0.1, 0.15) is 36.0 Å². The van der Waals surface area contributed by atoms with Crippen LogP contribution < -0.4 is 5.32 Å². The summed E-state index contributed by atoms with van der Waals surface area (Å²) in [6, 6.07) is 5.42. The van der Waals surface area contributed by atoms with E-state index in [0.717, 1.165) is 29.9 Å². The fourth-order valence-corrected chi connectivity index (χ4v) is 4.13. The lowest BCUT2D eigenvalue weighted by atomic mass is 10.1. The van der Waals surface area contributed by atoms with E-state index in [-0.39, 0.29) is 6.04 Å². The third kappa shape index (κ3) is 3.54. The van der Waals surface area contributed by atoms with Crippen molar-refractivity contribution < 1.29 is 8.42 Å². The van der Waals surface area contributed by atoms with Gasteiger partial charge in [0, 0.05) is 18.8 Å². The van der Waals surface area contributed by atoms with Gasteiger partial charge in [-0.05, 0) is 38.3 Å². The summed E-state index contributed by atoms with van der Waals surface area (Å²) in [6.07, 6.45) is 4.57. The van der Waals surface area contributed by atoms with E-state index in [9.17, 15) is 8.42 Å². The van der Waals surface area contributed by atoms with Gasteiger partial charge >= 0.3 is 0 Å². The van der Waals surface area contributed by atoms with Crippen molar-refractivity contribution in [2.24, 2.45) is 0 Å². The molecule has 1 aliphatic heterocycles. The maximum absolute atomic E-state index is 12.0. The van der Waals surface area contributed by atoms with Gasteiger partial charge in [0.15, 0.2) is 0 Å². The lowest BCUT2D eigenvalue weighted by molar-refractivity contribution is 0.393. The minimum absolute atomic E-state index is 0.230. The first-order valence-electron chi connectivity index (χ1n) is 7.85. The van der Waals surface area contributed by atoms with Gasteiger partial charge in [0.25, 0.3) is 0 Å². The van der Waals surface area contributed by atoms with Crippen LogP contribution in [0.15, 0.2) is 24.4 Å². The fraction of sp³-hybridized carbons (Fsp3) is 0.438. The molecule has 24 heavy (non-hydrogen) atoms. The van der Waals surface area contributed by atoms with E-state index >= 15 is 0 Å². The summed E-state index contributed by atoms with van der Waals surface area (Å²) < 4.78 is 25.5. The maximum atomic E-state index is 12.0. The zero-order valence-corrected chi connectivity index (χ0v) is 14.8. The average molecular weight is 347 g/mol. The molecule has 7 nitrogen and oxygen atoms in total. The van der Waals surface area contributed by atoms with Gasteiger partial charge in [0.1, 0.15) is 17.5 Å². The number of anilines is 2. The molecular weight excluding hydrogens is 326 g/mol. The summed E-state index contributed by atoms with van der Waals surface area (Å²) in [5, 5.41) is 3.20. The molecule has 0 radical (unpaired) electrons. The second kappa shape index (κ2) is 6.45. The smallest absolute Gasteiger partial charge is 0.211 e. The molecule has 2 aromatic heterocycles. The van der Waals surface area contributed by atoms with Gasteiger partial charge in [-0.25, -0.2) is 23.4 Å². The molecule has 0 aromatic carbocycles. The van der Waals surface area contributed by atoms with Gasteiger partial charge in [0.05, 0.1) is 18.0 Å². The number of aromatic nitrogens is 3. The highest BCUT2D eigenvalue weighted by Gasteiger charge is 2.33. The molecule has 1 atom stereocenters. The largest absolute Gasteiger partial charge is 0.325 e.